The quantitative estimate of drug-likeness (QED) is 0.622. The van der Waals surface area contributed by atoms with Crippen LogP contribution in [-0.4, -0.2) is 36.4 Å². The van der Waals surface area contributed by atoms with Gasteiger partial charge in [0.05, 0.1) is 6.61 Å². The van der Waals surface area contributed by atoms with E-state index in [1.54, 1.807) is 0 Å². The van der Waals surface area contributed by atoms with Crippen LogP contribution in [0.15, 0.2) is 42.5 Å². The zero-order valence-electron chi connectivity index (χ0n) is 18.0. The smallest absolute Gasteiger partial charge is 0.224 e. The number of hydrogen-bond acceptors (Lipinski definition) is 4. The number of benzene rings is 2. The molecule has 0 atom stereocenters. The Labute approximate surface area is 184 Å². The number of aryl methyl sites for hydroxylation is 1. The van der Waals surface area contributed by atoms with Crippen molar-refractivity contribution in [3.63, 3.8) is 0 Å². The van der Waals surface area contributed by atoms with Crippen molar-refractivity contribution in [1.29, 1.82) is 0 Å². The fourth-order valence-electron chi connectivity index (χ4n) is 4.22. The molecule has 164 valence electrons. The van der Waals surface area contributed by atoms with Crippen LogP contribution < -0.4 is 15.4 Å². The van der Waals surface area contributed by atoms with E-state index in [-0.39, 0.29) is 11.8 Å². The van der Waals surface area contributed by atoms with Gasteiger partial charge in [0.25, 0.3) is 0 Å². The number of carbonyl (C=O) groups is 2. The van der Waals surface area contributed by atoms with Gasteiger partial charge in [0.1, 0.15) is 5.75 Å². The summed E-state index contributed by atoms with van der Waals surface area (Å²) in [5.74, 6) is 0.844. The first-order valence-electron chi connectivity index (χ1n) is 11.3. The van der Waals surface area contributed by atoms with Crippen molar-refractivity contribution >= 4 is 23.2 Å². The third-order valence-electron chi connectivity index (χ3n) is 5.85. The van der Waals surface area contributed by atoms with Gasteiger partial charge >= 0.3 is 0 Å². The summed E-state index contributed by atoms with van der Waals surface area (Å²) in [5, 5.41) is 5.88. The fourth-order valence-corrected chi connectivity index (χ4v) is 4.22. The number of carbonyl (C=O) groups excluding carboxylic acids is 2. The van der Waals surface area contributed by atoms with Crippen LogP contribution in [0, 0.1) is 0 Å². The molecule has 0 radical (unpaired) electrons. The molecular formula is C25H31N3O3. The Morgan fingerprint density at radius 2 is 1.94 bits per heavy atom. The van der Waals surface area contributed by atoms with Gasteiger partial charge in [-0.1, -0.05) is 18.6 Å². The number of nitrogens with one attached hydrogen (secondary N) is 2. The lowest BCUT2D eigenvalue weighted by Gasteiger charge is -2.26. The molecule has 6 heteroatoms. The number of ether oxygens (including phenoxy) is 1. The highest BCUT2D eigenvalue weighted by Crippen LogP contribution is 2.27. The van der Waals surface area contributed by atoms with Gasteiger partial charge in [-0.2, -0.15) is 0 Å². The van der Waals surface area contributed by atoms with Crippen LogP contribution >= 0.6 is 0 Å². The van der Waals surface area contributed by atoms with E-state index in [0.717, 1.165) is 48.7 Å². The average Bonchev–Trinajstić information content (AvgIpc) is 2.78. The summed E-state index contributed by atoms with van der Waals surface area (Å²) in [6.45, 7) is 3.75. The van der Waals surface area contributed by atoms with Gasteiger partial charge in [-0.25, -0.2) is 0 Å². The van der Waals surface area contributed by atoms with Crippen LogP contribution in [-0.2, 0) is 22.6 Å². The van der Waals surface area contributed by atoms with Gasteiger partial charge in [0.2, 0.25) is 11.8 Å². The molecule has 4 rings (SSSR count). The first kappa shape index (κ1) is 21.4. The molecule has 0 spiro atoms. The molecule has 6 nitrogen and oxygen atoms in total. The van der Waals surface area contributed by atoms with Crippen molar-refractivity contribution in [1.82, 2.24) is 4.90 Å². The summed E-state index contributed by atoms with van der Waals surface area (Å²) in [4.78, 5) is 26.3. The Morgan fingerprint density at radius 3 is 2.81 bits per heavy atom. The van der Waals surface area contributed by atoms with Gasteiger partial charge in [-0.3, -0.25) is 14.5 Å². The molecule has 0 saturated carbocycles. The van der Waals surface area contributed by atoms with E-state index < -0.39 is 0 Å². The maximum Gasteiger partial charge on any atom is 0.224 e. The summed E-state index contributed by atoms with van der Waals surface area (Å²) in [7, 11) is 0. The summed E-state index contributed by atoms with van der Waals surface area (Å²) >= 11 is 0. The molecule has 2 aliphatic rings. The minimum absolute atomic E-state index is 0.00637. The van der Waals surface area contributed by atoms with Crippen LogP contribution in [0.1, 0.15) is 49.7 Å². The lowest BCUT2D eigenvalue weighted by Crippen LogP contribution is -2.29. The van der Waals surface area contributed by atoms with E-state index in [1.807, 2.05) is 30.3 Å². The predicted octanol–water partition coefficient (Wildman–Crippen LogP) is 4.35. The van der Waals surface area contributed by atoms with Crippen LogP contribution in [0.5, 0.6) is 5.75 Å². The highest BCUT2D eigenvalue weighted by atomic mass is 16.5. The number of hydrogen-bond donors (Lipinski definition) is 2. The zero-order chi connectivity index (χ0) is 21.5. The molecule has 2 heterocycles. The fraction of sp³-hybridized carbons (Fsp3) is 0.440. The Kier molecular flexibility index (Phi) is 7.20. The van der Waals surface area contributed by atoms with Crippen molar-refractivity contribution in [3.8, 4) is 5.75 Å². The third-order valence-corrected chi connectivity index (χ3v) is 5.85. The maximum atomic E-state index is 12.3. The van der Waals surface area contributed by atoms with E-state index in [0.29, 0.717) is 25.9 Å². The van der Waals surface area contributed by atoms with E-state index in [4.69, 9.17) is 4.74 Å². The first-order chi connectivity index (χ1) is 15.2. The maximum absolute atomic E-state index is 12.3. The SMILES string of the molecule is O=C(CCCOc1ccc2c(c1)CCC(=O)N2)Nc1cccc(CN2CCCCC2)c1. The van der Waals surface area contributed by atoms with Crippen molar-refractivity contribution in [3.05, 3.63) is 53.6 Å². The lowest BCUT2D eigenvalue weighted by atomic mass is 10.0. The number of nitrogens with zero attached hydrogens (tertiary/aromatic N) is 1. The molecule has 1 fully saturated rings. The number of anilines is 2. The number of rotatable bonds is 8. The van der Waals surface area contributed by atoms with Crippen LogP contribution in [0.2, 0.25) is 0 Å². The van der Waals surface area contributed by atoms with E-state index >= 15 is 0 Å². The standard InChI is InChI=1S/C25H31N3O3/c29-24(26-21-7-4-6-19(16-21)18-28-13-2-1-3-14-28)8-5-15-31-22-10-11-23-20(17-22)9-12-25(30)27-23/h4,6-7,10-11,16-17H,1-3,5,8-9,12-15,18H2,(H,26,29)(H,27,30). The van der Waals surface area contributed by atoms with Gasteiger partial charge < -0.3 is 15.4 Å². The third kappa shape index (κ3) is 6.31. The van der Waals surface area contributed by atoms with E-state index in [2.05, 4.69) is 27.7 Å². The van der Waals surface area contributed by atoms with Gasteiger partial charge in [-0.15, -0.1) is 0 Å². The lowest BCUT2D eigenvalue weighted by molar-refractivity contribution is -0.117. The summed E-state index contributed by atoms with van der Waals surface area (Å²) in [6, 6.07) is 13.9. The zero-order valence-corrected chi connectivity index (χ0v) is 18.0. The Morgan fingerprint density at radius 1 is 1.06 bits per heavy atom. The Balaban J connectivity index is 1.19. The molecule has 0 unspecified atom stereocenters. The average molecular weight is 422 g/mol. The molecule has 0 aliphatic carbocycles. The normalized spacial score (nSPS) is 16.3. The second-order valence-electron chi connectivity index (χ2n) is 8.40. The second kappa shape index (κ2) is 10.4. The molecule has 2 N–H and O–H groups in total. The predicted molar refractivity (Wildman–Crippen MR) is 122 cm³/mol. The minimum Gasteiger partial charge on any atom is -0.494 e. The van der Waals surface area contributed by atoms with Gasteiger partial charge in [-0.05, 0) is 80.2 Å². The molecule has 0 aromatic heterocycles. The Bertz CT molecular complexity index is 922. The number of fused-ring (bicyclic) bond motifs is 1. The topological polar surface area (TPSA) is 70.7 Å². The molecule has 2 amide bonds. The second-order valence-corrected chi connectivity index (χ2v) is 8.40. The molecule has 0 bridgehead atoms. The van der Waals surface area contributed by atoms with Crippen LogP contribution in [0.3, 0.4) is 0 Å². The van der Waals surface area contributed by atoms with Gasteiger partial charge in [0, 0.05) is 30.8 Å². The van der Waals surface area contributed by atoms with Crippen molar-refractivity contribution < 1.29 is 14.3 Å². The van der Waals surface area contributed by atoms with Crippen LogP contribution in [0.25, 0.3) is 0 Å². The molecule has 2 aromatic rings. The van der Waals surface area contributed by atoms with Gasteiger partial charge in [0.15, 0.2) is 0 Å². The van der Waals surface area contributed by atoms with E-state index in [1.165, 1.54) is 24.8 Å². The summed E-state index contributed by atoms with van der Waals surface area (Å²) < 4.78 is 5.80. The summed E-state index contributed by atoms with van der Waals surface area (Å²) in [5.41, 5.74) is 4.06. The van der Waals surface area contributed by atoms with Crippen molar-refractivity contribution in [2.24, 2.45) is 0 Å². The monoisotopic (exact) mass is 421 g/mol. The highest BCUT2D eigenvalue weighted by Gasteiger charge is 2.15. The minimum atomic E-state index is 0.00637. The van der Waals surface area contributed by atoms with E-state index in [9.17, 15) is 9.59 Å². The summed E-state index contributed by atoms with van der Waals surface area (Å²) in [6.07, 6.45) is 6.19. The molecule has 1 saturated heterocycles. The largest absolute Gasteiger partial charge is 0.494 e. The number of piperidine rings is 1. The highest BCUT2D eigenvalue weighted by molar-refractivity contribution is 5.94. The number of likely N-dealkylation sites (tertiary alicyclic amines) is 1. The first-order valence-corrected chi connectivity index (χ1v) is 11.3. The molecular weight excluding hydrogens is 390 g/mol. The number of amides is 2. The van der Waals surface area contributed by atoms with Crippen molar-refractivity contribution in [2.45, 2.75) is 51.5 Å². The molecule has 31 heavy (non-hydrogen) atoms. The van der Waals surface area contributed by atoms with Crippen LogP contribution in [0.4, 0.5) is 11.4 Å². The Hall–Kier alpha value is -2.86. The molecule has 2 aromatic carbocycles. The van der Waals surface area contributed by atoms with Crippen molar-refractivity contribution in [2.75, 3.05) is 30.3 Å². The molecule has 2 aliphatic heterocycles.